The van der Waals surface area contributed by atoms with Gasteiger partial charge in [0, 0.05) is 10.0 Å². The largest absolute Gasteiger partial charge is 0.493 e. The first-order chi connectivity index (χ1) is 14.5. The van der Waals surface area contributed by atoms with Gasteiger partial charge in [-0.1, -0.05) is 18.6 Å². The van der Waals surface area contributed by atoms with E-state index in [4.69, 9.17) is 15.2 Å². The summed E-state index contributed by atoms with van der Waals surface area (Å²) in [4.78, 5) is 12.6. The Hall–Kier alpha value is -3.48. The summed E-state index contributed by atoms with van der Waals surface area (Å²) in [6, 6.07) is 3.46. The summed E-state index contributed by atoms with van der Waals surface area (Å²) in [7, 11) is 3.08. The van der Waals surface area contributed by atoms with Gasteiger partial charge in [0.15, 0.2) is 17.2 Å². The monoisotopic (exact) mass is 478 g/mol. The van der Waals surface area contributed by atoms with E-state index in [1.807, 2.05) is 6.92 Å². The van der Waals surface area contributed by atoms with Crippen molar-refractivity contribution in [2.45, 2.75) is 19.8 Å². The SMILES string of the molecule is CCCc1c(C(=O)N/N=C/c2cc(OC)c(OC)cc2Br)nnn1-c1nonc1N. The van der Waals surface area contributed by atoms with E-state index in [0.717, 1.165) is 6.42 Å². The number of nitrogens with one attached hydrogen (secondary N) is 1. The fraction of sp³-hybridized carbons (Fsp3) is 0.294. The van der Waals surface area contributed by atoms with E-state index in [2.05, 4.69) is 51.7 Å². The molecule has 3 aromatic rings. The third-order valence-electron chi connectivity index (χ3n) is 4.03. The summed E-state index contributed by atoms with van der Waals surface area (Å²) in [6.07, 6.45) is 2.71. The zero-order valence-electron chi connectivity index (χ0n) is 16.4. The molecule has 0 saturated carbocycles. The predicted octanol–water partition coefficient (Wildman–Crippen LogP) is 1.73. The van der Waals surface area contributed by atoms with E-state index in [1.165, 1.54) is 18.0 Å². The van der Waals surface area contributed by atoms with Gasteiger partial charge in [0.1, 0.15) is 0 Å². The minimum Gasteiger partial charge on any atom is -0.493 e. The Bertz CT molecular complexity index is 1080. The maximum Gasteiger partial charge on any atom is 0.293 e. The molecule has 30 heavy (non-hydrogen) atoms. The normalized spacial score (nSPS) is 11.1. The van der Waals surface area contributed by atoms with Gasteiger partial charge in [0.25, 0.3) is 5.91 Å². The molecule has 3 N–H and O–H groups in total. The Balaban J connectivity index is 1.82. The second-order valence-electron chi connectivity index (χ2n) is 5.95. The Morgan fingerprint density at radius 3 is 2.70 bits per heavy atom. The molecule has 0 radical (unpaired) electrons. The van der Waals surface area contributed by atoms with E-state index in [-0.39, 0.29) is 17.3 Å². The van der Waals surface area contributed by atoms with Crippen molar-refractivity contribution in [1.29, 1.82) is 0 Å². The smallest absolute Gasteiger partial charge is 0.293 e. The molecule has 0 saturated heterocycles. The molecular formula is C17H19BrN8O4. The zero-order chi connectivity index (χ0) is 21.7. The number of ether oxygens (including phenoxy) is 2. The highest BCUT2D eigenvalue weighted by Gasteiger charge is 2.23. The number of amides is 1. The molecule has 0 fully saturated rings. The fourth-order valence-corrected chi connectivity index (χ4v) is 3.05. The number of methoxy groups -OCH3 is 2. The van der Waals surface area contributed by atoms with Gasteiger partial charge >= 0.3 is 0 Å². The van der Waals surface area contributed by atoms with Crippen LogP contribution in [-0.4, -0.2) is 51.6 Å². The van der Waals surface area contributed by atoms with E-state index >= 15 is 0 Å². The Labute approximate surface area is 179 Å². The minimum atomic E-state index is -0.535. The molecule has 1 amide bonds. The number of halogens is 1. The van der Waals surface area contributed by atoms with Gasteiger partial charge in [-0.3, -0.25) is 4.79 Å². The van der Waals surface area contributed by atoms with Gasteiger partial charge in [-0.15, -0.1) is 5.10 Å². The van der Waals surface area contributed by atoms with Crippen molar-refractivity contribution in [2.24, 2.45) is 5.10 Å². The summed E-state index contributed by atoms with van der Waals surface area (Å²) in [5.41, 5.74) is 9.45. The molecule has 12 nitrogen and oxygen atoms in total. The second kappa shape index (κ2) is 9.35. The number of carbonyl (C=O) groups excluding carboxylic acids is 1. The molecular weight excluding hydrogens is 460 g/mol. The number of hydrogen-bond donors (Lipinski definition) is 2. The van der Waals surface area contributed by atoms with Crippen molar-refractivity contribution in [3.05, 3.63) is 33.6 Å². The van der Waals surface area contributed by atoms with E-state index in [1.54, 1.807) is 19.2 Å². The molecule has 0 spiro atoms. The Morgan fingerprint density at radius 2 is 2.07 bits per heavy atom. The van der Waals surface area contributed by atoms with Crippen LogP contribution < -0.4 is 20.6 Å². The average Bonchev–Trinajstić information content (AvgIpc) is 3.34. The lowest BCUT2D eigenvalue weighted by molar-refractivity contribution is 0.0949. The molecule has 0 atom stereocenters. The quantitative estimate of drug-likeness (QED) is 0.363. The number of aromatic nitrogens is 5. The van der Waals surface area contributed by atoms with Gasteiger partial charge in [-0.2, -0.15) is 9.78 Å². The van der Waals surface area contributed by atoms with Crippen LogP contribution in [0.25, 0.3) is 5.82 Å². The molecule has 2 heterocycles. The van der Waals surface area contributed by atoms with Crippen LogP contribution in [0.4, 0.5) is 5.82 Å². The lowest BCUT2D eigenvalue weighted by Crippen LogP contribution is -2.20. The number of hydrazone groups is 1. The molecule has 158 valence electrons. The summed E-state index contributed by atoms with van der Waals surface area (Å²) < 4.78 is 17.2. The van der Waals surface area contributed by atoms with Gasteiger partial charge < -0.3 is 15.2 Å². The van der Waals surface area contributed by atoms with Gasteiger partial charge in [0.05, 0.1) is 26.1 Å². The number of carbonyl (C=O) groups is 1. The molecule has 2 aromatic heterocycles. The van der Waals surface area contributed by atoms with Crippen LogP contribution in [0, 0.1) is 0 Å². The van der Waals surface area contributed by atoms with Crippen molar-refractivity contribution in [3.8, 4) is 17.3 Å². The van der Waals surface area contributed by atoms with Crippen molar-refractivity contribution >= 4 is 33.9 Å². The highest BCUT2D eigenvalue weighted by atomic mass is 79.9. The maximum atomic E-state index is 12.6. The number of rotatable bonds is 8. The van der Waals surface area contributed by atoms with Crippen LogP contribution in [0.5, 0.6) is 11.5 Å². The van der Waals surface area contributed by atoms with Crippen LogP contribution in [0.1, 0.15) is 35.1 Å². The summed E-state index contributed by atoms with van der Waals surface area (Å²) >= 11 is 3.43. The minimum absolute atomic E-state index is 0.0422. The van der Waals surface area contributed by atoms with Crippen LogP contribution in [0.3, 0.4) is 0 Å². The lowest BCUT2D eigenvalue weighted by Gasteiger charge is -2.09. The van der Waals surface area contributed by atoms with Crippen LogP contribution in [0.2, 0.25) is 0 Å². The zero-order valence-corrected chi connectivity index (χ0v) is 18.0. The van der Waals surface area contributed by atoms with Crippen LogP contribution in [0.15, 0.2) is 26.3 Å². The van der Waals surface area contributed by atoms with E-state index < -0.39 is 5.91 Å². The van der Waals surface area contributed by atoms with Crippen molar-refractivity contribution in [3.63, 3.8) is 0 Å². The molecule has 0 aliphatic carbocycles. The van der Waals surface area contributed by atoms with E-state index in [9.17, 15) is 4.79 Å². The second-order valence-corrected chi connectivity index (χ2v) is 6.80. The van der Waals surface area contributed by atoms with Crippen LogP contribution in [-0.2, 0) is 6.42 Å². The molecule has 0 aliphatic heterocycles. The number of nitrogens with two attached hydrogens (primary N) is 1. The topological polar surface area (TPSA) is 156 Å². The highest BCUT2D eigenvalue weighted by Crippen LogP contribution is 2.32. The van der Waals surface area contributed by atoms with Crippen LogP contribution >= 0.6 is 15.9 Å². The number of benzene rings is 1. The lowest BCUT2D eigenvalue weighted by atomic mass is 10.2. The van der Waals surface area contributed by atoms with E-state index in [0.29, 0.717) is 33.6 Å². The molecule has 3 rings (SSSR count). The molecule has 1 aromatic carbocycles. The Morgan fingerprint density at radius 1 is 1.33 bits per heavy atom. The Kier molecular flexibility index (Phi) is 6.61. The average molecular weight is 479 g/mol. The predicted molar refractivity (Wildman–Crippen MR) is 110 cm³/mol. The molecule has 0 unspecified atom stereocenters. The first-order valence-corrected chi connectivity index (χ1v) is 9.57. The maximum absolute atomic E-state index is 12.6. The summed E-state index contributed by atoms with van der Waals surface area (Å²) in [5.74, 6) is 0.768. The number of hydrogen-bond acceptors (Lipinski definition) is 10. The standard InChI is InChI=1S/C17H19BrN8O4/c1-4-5-11-14(21-25-26(11)16-15(19)23-30-24-16)17(27)22-20-8-9-6-12(28-2)13(29-3)7-10(9)18/h6-8H,4-5H2,1-3H3,(H2,19,23)(H,22,27)/b20-8+. The van der Waals surface area contributed by atoms with Crippen molar-refractivity contribution < 1.29 is 18.9 Å². The number of nitrogen functional groups attached to an aromatic ring is 1. The summed E-state index contributed by atoms with van der Waals surface area (Å²) in [5, 5.41) is 19.1. The fourth-order valence-electron chi connectivity index (χ4n) is 2.63. The van der Waals surface area contributed by atoms with Crippen molar-refractivity contribution in [2.75, 3.05) is 20.0 Å². The molecule has 0 aliphatic rings. The third kappa shape index (κ3) is 4.25. The number of nitrogens with zero attached hydrogens (tertiary/aromatic N) is 6. The first-order valence-electron chi connectivity index (χ1n) is 8.78. The third-order valence-corrected chi connectivity index (χ3v) is 4.72. The van der Waals surface area contributed by atoms with Crippen molar-refractivity contribution in [1.82, 2.24) is 30.7 Å². The summed E-state index contributed by atoms with van der Waals surface area (Å²) in [6.45, 7) is 1.95. The number of anilines is 1. The molecule has 13 heteroatoms. The van der Waals surface area contributed by atoms with Gasteiger partial charge in [0.2, 0.25) is 11.6 Å². The van der Waals surface area contributed by atoms with Gasteiger partial charge in [-0.25, -0.2) is 10.1 Å². The molecule has 0 bridgehead atoms. The first kappa shape index (κ1) is 21.2. The van der Waals surface area contributed by atoms with Gasteiger partial charge in [-0.05, 0) is 44.8 Å². The highest BCUT2D eigenvalue weighted by molar-refractivity contribution is 9.10.